The number of benzene rings is 2. The lowest BCUT2D eigenvalue weighted by molar-refractivity contribution is -0.385. The molecule has 0 bridgehead atoms. The van der Waals surface area contributed by atoms with Crippen molar-refractivity contribution in [3.8, 4) is 11.5 Å². The topological polar surface area (TPSA) is 227 Å². The van der Waals surface area contributed by atoms with Gasteiger partial charge in [-0.1, -0.05) is 5.11 Å². The fraction of sp³-hybridized carbons (Fsp3) is 0.273. The van der Waals surface area contributed by atoms with Crippen molar-refractivity contribution in [3.05, 3.63) is 112 Å². The number of aryl methyl sites for hydroxylation is 1. The molecule has 208 valence electrons. The minimum absolute atomic E-state index is 0.105. The minimum Gasteiger partial charge on any atom is -0.418 e. The molecule has 1 aliphatic heterocycles. The summed E-state index contributed by atoms with van der Waals surface area (Å²) in [5.74, 6) is 0.344. The van der Waals surface area contributed by atoms with E-state index in [4.69, 9.17) is 23.8 Å². The number of non-ortho nitro benzene ring substituents is 2. The first-order valence-corrected chi connectivity index (χ1v) is 12.5. The van der Waals surface area contributed by atoms with E-state index in [0.29, 0.717) is 0 Å². The molecule has 18 heteroatoms. The van der Waals surface area contributed by atoms with E-state index in [1.54, 1.807) is 0 Å². The Bertz CT molecular complexity index is 1490. The number of rotatable bonds is 11. The Morgan fingerprint density at radius 1 is 1.07 bits per heavy atom. The molecule has 1 N–H and O–H groups in total. The third kappa shape index (κ3) is 6.78. The van der Waals surface area contributed by atoms with E-state index < -0.39 is 48.1 Å². The fourth-order valence-electron chi connectivity index (χ4n) is 3.66. The zero-order chi connectivity index (χ0) is 28.8. The molecule has 0 unspecified atom stereocenters. The van der Waals surface area contributed by atoms with Crippen LogP contribution >= 0.6 is 8.60 Å². The van der Waals surface area contributed by atoms with E-state index in [0.717, 1.165) is 0 Å². The summed E-state index contributed by atoms with van der Waals surface area (Å²) in [7, 11) is -2.26. The van der Waals surface area contributed by atoms with Gasteiger partial charge in [0.2, 0.25) is 0 Å². The molecule has 0 aliphatic carbocycles. The van der Waals surface area contributed by atoms with E-state index in [9.17, 15) is 29.8 Å². The van der Waals surface area contributed by atoms with Crippen molar-refractivity contribution in [2.45, 2.75) is 31.7 Å². The van der Waals surface area contributed by atoms with Gasteiger partial charge in [0.15, 0.2) is 0 Å². The van der Waals surface area contributed by atoms with Crippen LogP contribution in [0.2, 0.25) is 0 Å². The van der Waals surface area contributed by atoms with Crippen LogP contribution in [0.15, 0.2) is 69.4 Å². The van der Waals surface area contributed by atoms with E-state index in [1.807, 2.05) is 0 Å². The number of aromatic amines is 1. The van der Waals surface area contributed by atoms with Crippen molar-refractivity contribution in [3.63, 3.8) is 0 Å². The van der Waals surface area contributed by atoms with Gasteiger partial charge in [0.1, 0.15) is 17.7 Å². The highest BCUT2D eigenvalue weighted by Gasteiger charge is 2.37. The van der Waals surface area contributed by atoms with Gasteiger partial charge >= 0.3 is 14.3 Å². The highest BCUT2D eigenvalue weighted by Crippen LogP contribution is 2.43. The van der Waals surface area contributed by atoms with Crippen molar-refractivity contribution in [2.75, 3.05) is 6.61 Å². The Hall–Kier alpha value is -4.82. The van der Waals surface area contributed by atoms with Crippen LogP contribution in [0.3, 0.4) is 0 Å². The zero-order valence-electron chi connectivity index (χ0n) is 20.6. The van der Waals surface area contributed by atoms with Gasteiger partial charge in [-0.3, -0.25) is 39.1 Å². The second kappa shape index (κ2) is 12.4. The predicted molar refractivity (Wildman–Crippen MR) is 138 cm³/mol. The Morgan fingerprint density at radius 3 is 2.12 bits per heavy atom. The smallest absolute Gasteiger partial charge is 0.418 e. The molecule has 3 atom stereocenters. The maximum Gasteiger partial charge on any atom is 0.463 e. The van der Waals surface area contributed by atoms with Crippen LogP contribution in [-0.2, 0) is 9.26 Å². The van der Waals surface area contributed by atoms with Gasteiger partial charge in [0.05, 0.1) is 28.6 Å². The van der Waals surface area contributed by atoms with Crippen LogP contribution in [0.5, 0.6) is 11.5 Å². The predicted octanol–water partition coefficient (Wildman–Crippen LogP) is 4.03. The number of nitrogens with zero attached hydrogens (tertiary/aromatic N) is 6. The standard InChI is InChI=1S/C22H20N7O10P/c1-13-11-27(22(31)24-21(13)30)20-10-18(25-26-23)19(37-20)12-36-40(38-16-6-2-14(3-7-16)28(32)33)39-17-8-4-15(5-9-17)29(34)35/h2-9,11,18-20H,10,12H2,1H3,(H,24,30,31)/t18-,19+,20+/m0/s1. The Balaban J connectivity index is 1.52. The van der Waals surface area contributed by atoms with Gasteiger partial charge in [-0.15, -0.1) is 0 Å². The Morgan fingerprint density at radius 2 is 1.62 bits per heavy atom. The summed E-state index contributed by atoms with van der Waals surface area (Å²) in [6.45, 7) is 1.29. The van der Waals surface area contributed by atoms with Crippen molar-refractivity contribution in [1.29, 1.82) is 0 Å². The number of nitro benzene ring substituents is 2. The molecule has 0 amide bonds. The lowest BCUT2D eigenvalue weighted by Gasteiger charge is -2.21. The van der Waals surface area contributed by atoms with Gasteiger partial charge in [0.25, 0.3) is 16.9 Å². The number of ether oxygens (including phenoxy) is 1. The summed E-state index contributed by atoms with van der Waals surface area (Å²) >= 11 is 0. The Labute approximate surface area is 224 Å². The first-order chi connectivity index (χ1) is 19.1. The quantitative estimate of drug-likeness (QED) is 0.0864. The maximum atomic E-state index is 12.3. The van der Waals surface area contributed by atoms with Gasteiger partial charge in [0, 0.05) is 47.4 Å². The van der Waals surface area contributed by atoms with Crippen LogP contribution in [0.1, 0.15) is 18.2 Å². The van der Waals surface area contributed by atoms with Gasteiger partial charge in [-0.2, -0.15) is 0 Å². The third-order valence-electron chi connectivity index (χ3n) is 5.66. The van der Waals surface area contributed by atoms with Crippen LogP contribution < -0.4 is 20.3 Å². The average Bonchev–Trinajstić information content (AvgIpc) is 3.32. The number of hydrogen-bond acceptors (Lipinski definition) is 11. The van der Waals surface area contributed by atoms with E-state index in [-0.39, 0.29) is 41.5 Å². The lowest BCUT2D eigenvalue weighted by Crippen LogP contribution is -2.33. The Kier molecular flexibility index (Phi) is 8.71. The number of azide groups is 1. The van der Waals surface area contributed by atoms with Crippen LogP contribution in [0.25, 0.3) is 10.4 Å². The number of nitrogens with one attached hydrogen (secondary N) is 1. The molecule has 3 aromatic rings. The molecule has 1 fully saturated rings. The fourth-order valence-corrected chi connectivity index (χ4v) is 4.66. The number of H-pyrrole nitrogens is 1. The second-order valence-corrected chi connectivity index (χ2v) is 9.39. The first-order valence-electron chi connectivity index (χ1n) is 11.4. The first kappa shape index (κ1) is 28.2. The van der Waals surface area contributed by atoms with Crippen molar-refractivity contribution >= 4 is 20.0 Å². The van der Waals surface area contributed by atoms with Crippen LogP contribution in [0, 0.1) is 27.2 Å². The maximum absolute atomic E-state index is 12.3. The highest BCUT2D eigenvalue weighted by molar-refractivity contribution is 7.42. The van der Waals surface area contributed by atoms with Gasteiger partial charge in [-0.25, -0.2) is 4.79 Å². The molecule has 1 aliphatic rings. The summed E-state index contributed by atoms with van der Waals surface area (Å²) in [5.41, 5.74) is 7.74. The third-order valence-corrected chi connectivity index (χ3v) is 6.74. The molecule has 0 saturated carbocycles. The normalized spacial score (nSPS) is 18.2. The number of hydrogen-bond donors (Lipinski definition) is 1. The largest absolute Gasteiger partial charge is 0.463 e. The molecule has 2 aromatic carbocycles. The highest BCUT2D eigenvalue weighted by atomic mass is 31.2. The van der Waals surface area contributed by atoms with E-state index in [1.165, 1.54) is 66.2 Å². The average molecular weight is 573 g/mol. The molecular formula is C22H20N7O10P. The second-order valence-electron chi connectivity index (χ2n) is 8.32. The van der Waals surface area contributed by atoms with E-state index >= 15 is 0 Å². The molecule has 2 heterocycles. The summed E-state index contributed by atoms with van der Waals surface area (Å²) in [6.07, 6.45) is -0.284. The molecular weight excluding hydrogens is 553 g/mol. The SMILES string of the molecule is Cc1cn([C@H]2C[C@H](N=[N+]=[N-])[C@@H](COP(Oc3ccc([N+](=O)[O-])cc3)Oc3ccc([N+](=O)[O-])cc3)O2)c(=O)[nH]c1=O. The van der Waals surface area contributed by atoms with Crippen molar-refractivity contribution in [1.82, 2.24) is 9.55 Å². The van der Waals surface area contributed by atoms with Gasteiger partial charge in [-0.05, 0) is 36.7 Å². The lowest BCUT2D eigenvalue weighted by atomic mass is 10.1. The molecule has 0 spiro atoms. The summed E-state index contributed by atoms with van der Waals surface area (Å²) < 4.78 is 24.4. The number of nitro groups is 2. The molecule has 17 nitrogen and oxygen atoms in total. The monoisotopic (exact) mass is 573 g/mol. The zero-order valence-corrected chi connectivity index (χ0v) is 21.4. The summed E-state index contributed by atoms with van der Waals surface area (Å²) in [5, 5.41) is 25.6. The van der Waals surface area contributed by atoms with Crippen LogP contribution in [0.4, 0.5) is 11.4 Å². The van der Waals surface area contributed by atoms with Crippen molar-refractivity contribution < 1.29 is 28.2 Å². The van der Waals surface area contributed by atoms with Crippen molar-refractivity contribution in [2.24, 2.45) is 5.11 Å². The van der Waals surface area contributed by atoms with Gasteiger partial charge < -0.3 is 13.8 Å². The molecule has 4 rings (SSSR count). The molecule has 0 radical (unpaired) electrons. The minimum atomic E-state index is -2.26. The van der Waals surface area contributed by atoms with E-state index in [2.05, 4.69) is 15.0 Å². The van der Waals surface area contributed by atoms with Crippen LogP contribution in [-0.4, -0.2) is 38.2 Å². The number of aromatic nitrogens is 2. The summed E-state index contributed by atoms with van der Waals surface area (Å²) in [6, 6.07) is 9.49. The molecule has 40 heavy (non-hydrogen) atoms. The molecule has 1 aromatic heterocycles. The summed E-state index contributed by atoms with van der Waals surface area (Å²) in [4.78, 5) is 49.8. The molecule has 1 saturated heterocycles.